The van der Waals surface area contributed by atoms with Gasteiger partial charge in [-0.1, -0.05) is 17.4 Å². The van der Waals surface area contributed by atoms with Gasteiger partial charge >= 0.3 is 0 Å². The van der Waals surface area contributed by atoms with Crippen LogP contribution in [0.2, 0.25) is 0 Å². The Hall–Kier alpha value is -2.65. The van der Waals surface area contributed by atoms with Crippen molar-refractivity contribution in [2.75, 3.05) is 25.3 Å². The highest BCUT2D eigenvalue weighted by molar-refractivity contribution is 7.91. The van der Waals surface area contributed by atoms with Gasteiger partial charge in [0.2, 0.25) is 5.91 Å². The van der Waals surface area contributed by atoms with Crippen molar-refractivity contribution < 1.29 is 22.7 Å². The van der Waals surface area contributed by atoms with E-state index in [1.807, 2.05) is 12.1 Å². The molecular weight excluding hydrogens is 400 g/mol. The third-order valence-electron chi connectivity index (χ3n) is 4.08. The molecule has 9 heteroatoms. The minimum absolute atomic E-state index is 0.0858. The van der Waals surface area contributed by atoms with Crippen LogP contribution in [0.3, 0.4) is 0 Å². The summed E-state index contributed by atoms with van der Waals surface area (Å²) in [4.78, 5) is 16.8. The highest BCUT2D eigenvalue weighted by atomic mass is 32.2. The van der Waals surface area contributed by atoms with Gasteiger partial charge < -0.3 is 14.8 Å². The van der Waals surface area contributed by atoms with Crippen molar-refractivity contribution in [3.05, 3.63) is 42.5 Å². The molecule has 0 saturated carbocycles. The van der Waals surface area contributed by atoms with Gasteiger partial charge in [-0.25, -0.2) is 13.4 Å². The summed E-state index contributed by atoms with van der Waals surface area (Å²) in [6.07, 6.45) is 0.302. The predicted molar refractivity (Wildman–Crippen MR) is 109 cm³/mol. The van der Waals surface area contributed by atoms with Crippen molar-refractivity contribution in [3.8, 4) is 11.5 Å². The van der Waals surface area contributed by atoms with Crippen LogP contribution in [0.5, 0.6) is 11.5 Å². The summed E-state index contributed by atoms with van der Waals surface area (Å²) in [5.74, 6) is 0.842. The summed E-state index contributed by atoms with van der Waals surface area (Å²) in [5, 5.41) is 3.19. The average Bonchev–Trinajstić information content (AvgIpc) is 3.10. The number of hydrogen-bond donors (Lipinski definition) is 1. The molecule has 0 bridgehead atoms. The molecular formula is C19H20N2O5S2. The van der Waals surface area contributed by atoms with E-state index in [4.69, 9.17) is 9.47 Å². The second-order valence-corrected chi connectivity index (χ2v) is 9.11. The lowest BCUT2D eigenvalue weighted by molar-refractivity contribution is -0.116. The molecule has 0 spiro atoms. The number of ether oxygens (including phenoxy) is 2. The fourth-order valence-electron chi connectivity index (χ4n) is 2.65. The zero-order valence-electron chi connectivity index (χ0n) is 15.5. The maximum Gasteiger partial charge on any atom is 0.226 e. The van der Waals surface area contributed by atoms with E-state index in [1.165, 1.54) is 30.6 Å². The Labute approximate surface area is 167 Å². The van der Waals surface area contributed by atoms with Crippen LogP contribution in [-0.4, -0.2) is 39.3 Å². The lowest BCUT2D eigenvalue weighted by atomic mass is 10.3. The Bertz CT molecular complexity index is 1080. The maximum absolute atomic E-state index is 12.4. The highest BCUT2D eigenvalue weighted by Gasteiger charge is 2.16. The van der Waals surface area contributed by atoms with Crippen LogP contribution in [0.15, 0.2) is 47.4 Å². The SMILES string of the molecule is COc1ccc(S(=O)(=O)CCCC(=O)Nc2nc3c(OC)cccc3s2)cc1. The molecule has 0 radical (unpaired) electrons. The second kappa shape index (κ2) is 8.57. The molecule has 3 rings (SSSR count). The molecule has 0 aliphatic heterocycles. The summed E-state index contributed by atoms with van der Waals surface area (Å²) in [5.41, 5.74) is 0.687. The normalized spacial score (nSPS) is 11.4. The Morgan fingerprint density at radius 1 is 1.11 bits per heavy atom. The van der Waals surface area contributed by atoms with Gasteiger partial charge in [-0.05, 0) is 42.8 Å². The number of thiazole rings is 1. The maximum atomic E-state index is 12.4. The Kier molecular flexibility index (Phi) is 6.15. The molecule has 0 saturated heterocycles. The van der Waals surface area contributed by atoms with Crippen molar-refractivity contribution in [1.29, 1.82) is 0 Å². The van der Waals surface area contributed by atoms with Gasteiger partial charge in [0.1, 0.15) is 17.0 Å². The van der Waals surface area contributed by atoms with Crippen LogP contribution in [-0.2, 0) is 14.6 Å². The van der Waals surface area contributed by atoms with Gasteiger partial charge in [-0.3, -0.25) is 4.79 Å². The third-order valence-corrected chi connectivity index (χ3v) is 6.84. The first-order chi connectivity index (χ1) is 13.4. The van der Waals surface area contributed by atoms with E-state index in [-0.39, 0.29) is 29.4 Å². The molecule has 0 unspecified atom stereocenters. The Morgan fingerprint density at radius 3 is 2.54 bits per heavy atom. The van der Waals surface area contributed by atoms with Crippen molar-refractivity contribution in [3.63, 3.8) is 0 Å². The zero-order chi connectivity index (χ0) is 20.1. The number of aromatic nitrogens is 1. The van der Waals surface area contributed by atoms with E-state index < -0.39 is 9.84 Å². The lowest BCUT2D eigenvalue weighted by Gasteiger charge is -2.06. The number of carbonyl (C=O) groups is 1. The number of hydrogen-bond acceptors (Lipinski definition) is 7. The Balaban J connectivity index is 1.57. The zero-order valence-corrected chi connectivity index (χ0v) is 17.1. The summed E-state index contributed by atoms with van der Waals surface area (Å²) < 4.78 is 35.9. The molecule has 2 aromatic carbocycles. The van der Waals surface area contributed by atoms with Gasteiger partial charge in [0.15, 0.2) is 15.0 Å². The monoisotopic (exact) mass is 420 g/mol. The molecule has 1 amide bonds. The molecule has 0 aliphatic carbocycles. The van der Waals surface area contributed by atoms with Gasteiger partial charge in [0.05, 0.1) is 29.6 Å². The van der Waals surface area contributed by atoms with Gasteiger partial charge in [0.25, 0.3) is 0 Å². The molecule has 1 aromatic heterocycles. The number of fused-ring (bicyclic) bond motifs is 1. The summed E-state index contributed by atoms with van der Waals surface area (Å²) in [7, 11) is -0.366. The first-order valence-electron chi connectivity index (χ1n) is 8.53. The van der Waals surface area contributed by atoms with Crippen LogP contribution >= 0.6 is 11.3 Å². The molecule has 0 atom stereocenters. The Morgan fingerprint density at radius 2 is 1.86 bits per heavy atom. The molecule has 0 aliphatic rings. The van der Waals surface area contributed by atoms with E-state index in [2.05, 4.69) is 10.3 Å². The summed E-state index contributed by atoms with van der Waals surface area (Å²) in [6.45, 7) is 0. The highest BCUT2D eigenvalue weighted by Crippen LogP contribution is 2.32. The van der Waals surface area contributed by atoms with E-state index in [0.29, 0.717) is 22.1 Å². The van der Waals surface area contributed by atoms with Gasteiger partial charge in [0, 0.05) is 6.42 Å². The number of anilines is 1. The minimum atomic E-state index is -3.45. The van der Waals surface area contributed by atoms with Crippen molar-refractivity contribution in [1.82, 2.24) is 4.98 Å². The number of methoxy groups -OCH3 is 2. The topological polar surface area (TPSA) is 94.6 Å². The first kappa shape index (κ1) is 20.1. The molecule has 28 heavy (non-hydrogen) atoms. The third kappa shape index (κ3) is 4.60. The minimum Gasteiger partial charge on any atom is -0.497 e. The largest absolute Gasteiger partial charge is 0.497 e. The van der Waals surface area contributed by atoms with Crippen LogP contribution in [0.4, 0.5) is 5.13 Å². The molecule has 148 valence electrons. The van der Waals surface area contributed by atoms with Crippen LogP contribution < -0.4 is 14.8 Å². The molecule has 0 fully saturated rings. The number of nitrogens with zero attached hydrogens (tertiary/aromatic N) is 1. The van der Waals surface area contributed by atoms with E-state index in [9.17, 15) is 13.2 Å². The number of sulfone groups is 1. The number of amides is 1. The van der Waals surface area contributed by atoms with Crippen LogP contribution in [0.25, 0.3) is 10.2 Å². The lowest BCUT2D eigenvalue weighted by Crippen LogP contribution is -2.14. The van der Waals surface area contributed by atoms with Crippen molar-refractivity contribution >= 4 is 42.4 Å². The van der Waals surface area contributed by atoms with E-state index in [1.54, 1.807) is 25.3 Å². The first-order valence-corrected chi connectivity index (χ1v) is 11.0. The van der Waals surface area contributed by atoms with Crippen LogP contribution in [0, 0.1) is 0 Å². The molecule has 1 N–H and O–H groups in total. The van der Waals surface area contributed by atoms with Gasteiger partial charge in [-0.15, -0.1) is 0 Å². The average molecular weight is 421 g/mol. The number of rotatable bonds is 8. The standard InChI is InChI=1S/C19H20N2O5S2/c1-25-13-8-10-14(11-9-13)28(23,24)12-4-7-17(22)20-19-21-18-15(26-2)5-3-6-16(18)27-19/h3,5-6,8-11H,4,7,12H2,1-2H3,(H,20,21,22). The fourth-order valence-corrected chi connectivity index (χ4v) is 4.86. The number of carbonyl (C=O) groups excluding carboxylic acids is 1. The summed E-state index contributed by atoms with van der Waals surface area (Å²) in [6, 6.07) is 11.8. The summed E-state index contributed by atoms with van der Waals surface area (Å²) >= 11 is 1.34. The van der Waals surface area contributed by atoms with E-state index >= 15 is 0 Å². The van der Waals surface area contributed by atoms with Crippen molar-refractivity contribution in [2.24, 2.45) is 0 Å². The van der Waals surface area contributed by atoms with Gasteiger partial charge in [-0.2, -0.15) is 0 Å². The number of benzene rings is 2. The number of para-hydroxylation sites is 1. The number of nitrogens with one attached hydrogen (secondary N) is 1. The molecule has 7 nitrogen and oxygen atoms in total. The molecule has 3 aromatic rings. The molecule has 1 heterocycles. The van der Waals surface area contributed by atoms with E-state index in [0.717, 1.165) is 4.70 Å². The fraction of sp³-hybridized carbons (Fsp3) is 0.263. The van der Waals surface area contributed by atoms with Crippen molar-refractivity contribution in [2.45, 2.75) is 17.7 Å². The smallest absolute Gasteiger partial charge is 0.226 e. The quantitative estimate of drug-likeness (QED) is 0.599. The van der Waals surface area contributed by atoms with Crippen LogP contribution in [0.1, 0.15) is 12.8 Å². The predicted octanol–water partition coefficient (Wildman–Crippen LogP) is 3.51. The second-order valence-electron chi connectivity index (χ2n) is 5.97.